The van der Waals surface area contributed by atoms with E-state index in [1.54, 1.807) is 6.92 Å². The van der Waals surface area contributed by atoms with Crippen LogP contribution < -0.4 is 0 Å². The van der Waals surface area contributed by atoms with Crippen LogP contribution in [0.4, 0.5) is 8.78 Å². The van der Waals surface area contributed by atoms with Gasteiger partial charge < -0.3 is 9.84 Å². The number of aliphatic hydroxyl groups excluding tert-OH is 1. The lowest BCUT2D eigenvalue weighted by atomic mass is 9.82. The third-order valence-electron chi connectivity index (χ3n) is 2.89. The summed E-state index contributed by atoms with van der Waals surface area (Å²) in [7, 11) is 0. The molecule has 0 saturated carbocycles. The number of rotatable bonds is 2. The summed E-state index contributed by atoms with van der Waals surface area (Å²) >= 11 is 0. The van der Waals surface area contributed by atoms with Crippen LogP contribution in [0.1, 0.15) is 18.9 Å². The standard InChI is InChI=1S/C11H12F2O2/c1-7(14)11(4-5-15-11)9-3-2-8(12)6-10(9)13/h2-3,6-7,14H,4-5H2,1H3/t7-,11?/m1/s1. The molecule has 2 atom stereocenters. The molecule has 1 saturated heterocycles. The second kappa shape index (κ2) is 3.54. The Bertz CT molecular complexity index is 373. The predicted molar refractivity (Wildman–Crippen MR) is 50.3 cm³/mol. The largest absolute Gasteiger partial charge is 0.390 e. The number of hydrogen-bond donors (Lipinski definition) is 1. The first-order valence-corrected chi connectivity index (χ1v) is 4.84. The van der Waals surface area contributed by atoms with Crippen molar-refractivity contribution in [2.75, 3.05) is 6.61 Å². The van der Waals surface area contributed by atoms with E-state index in [1.807, 2.05) is 0 Å². The van der Waals surface area contributed by atoms with Gasteiger partial charge in [-0.3, -0.25) is 0 Å². The molecule has 2 rings (SSSR count). The van der Waals surface area contributed by atoms with Gasteiger partial charge in [-0.1, -0.05) is 6.07 Å². The van der Waals surface area contributed by atoms with Crippen LogP contribution in [0, 0.1) is 11.6 Å². The van der Waals surface area contributed by atoms with Gasteiger partial charge in [0.2, 0.25) is 0 Å². The second-order valence-electron chi connectivity index (χ2n) is 3.79. The molecule has 15 heavy (non-hydrogen) atoms. The first-order valence-electron chi connectivity index (χ1n) is 4.84. The molecule has 1 heterocycles. The second-order valence-corrected chi connectivity index (χ2v) is 3.79. The molecule has 1 unspecified atom stereocenters. The molecule has 1 aliphatic heterocycles. The average molecular weight is 214 g/mol. The summed E-state index contributed by atoms with van der Waals surface area (Å²) in [6.07, 6.45) is -0.265. The van der Waals surface area contributed by atoms with E-state index >= 15 is 0 Å². The lowest BCUT2D eigenvalue weighted by Crippen LogP contribution is -2.49. The van der Waals surface area contributed by atoms with Crippen LogP contribution in [-0.2, 0) is 10.3 Å². The van der Waals surface area contributed by atoms with Crippen molar-refractivity contribution >= 4 is 0 Å². The number of ether oxygens (including phenoxy) is 1. The highest BCUT2D eigenvalue weighted by atomic mass is 19.1. The fourth-order valence-electron chi connectivity index (χ4n) is 1.92. The van der Waals surface area contributed by atoms with E-state index in [0.29, 0.717) is 13.0 Å². The van der Waals surface area contributed by atoms with Crippen LogP contribution in [-0.4, -0.2) is 17.8 Å². The van der Waals surface area contributed by atoms with Crippen LogP contribution in [0.2, 0.25) is 0 Å². The Labute approximate surface area is 86.5 Å². The highest BCUT2D eigenvalue weighted by molar-refractivity contribution is 5.28. The van der Waals surface area contributed by atoms with Crippen molar-refractivity contribution in [3.05, 3.63) is 35.4 Å². The van der Waals surface area contributed by atoms with E-state index in [9.17, 15) is 13.9 Å². The Morgan fingerprint density at radius 2 is 2.13 bits per heavy atom. The van der Waals surface area contributed by atoms with E-state index < -0.39 is 23.3 Å². The first kappa shape index (κ1) is 10.5. The minimum Gasteiger partial charge on any atom is -0.390 e. The van der Waals surface area contributed by atoms with Crippen LogP contribution in [0.5, 0.6) is 0 Å². The lowest BCUT2D eigenvalue weighted by Gasteiger charge is -2.44. The number of halogens is 2. The minimum atomic E-state index is -0.988. The van der Waals surface area contributed by atoms with E-state index in [-0.39, 0.29) is 5.56 Å². The van der Waals surface area contributed by atoms with Gasteiger partial charge in [0.05, 0.1) is 12.7 Å². The van der Waals surface area contributed by atoms with Crippen molar-refractivity contribution in [1.29, 1.82) is 0 Å². The van der Waals surface area contributed by atoms with Crippen molar-refractivity contribution < 1.29 is 18.6 Å². The van der Waals surface area contributed by atoms with E-state index in [2.05, 4.69) is 0 Å². The highest BCUT2D eigenvalue weighted by Crippen LogP contribution is 2.41. The molecule has 2 nitrogen and oxygen atoms in total. The number of benzene rings is 1. The van der Waals surface area contributed by atoms with Crippen LogP contribution in [0.3, 0.4) is 0 Å². The van der Waals surface area contributed by atoms with Crippen LogP contribution in [0.15, 0.2) is 18.2 Å². The molecule has 0 amide bonds. The zero-order valence-electron chi connectivity index (χ0n) is 8.34. The van der Waals surface area contributed by atoms with Crippen LogP contribution >= 0.6 is 0 Å². The Morgan fingerprint density at radius 3 is 2.53 bits per heavy atom. The summed E-state index contributed by atoms with van der Waals surface area (Å²) in [6.45, 7) is 2.03. The Kier molecular flexibility index (Phi) is 2.48. The first-order chi connectivity index (χ1) is 7.06. The lowest BCUT2D eigenvalue weighted by molar-refractivity contribution is -0.209. The number of hydrogen-bond acceptors (Lipinski definition) is 2. The van der Waals surface area contributed by atoms with Crippen molar-refractivity contribution in [3.63, 3.8) is 0 Å². The molecule has 4 heteroatoms. The van der Waals surface area contributed by atoms with Crippen molar-refractivity contribution in [2.24, 2.45) is 0 Å². The predicted octanol–water partition coefficient (Wildman–Crippen LogP) is 1.96. The van der Waals surface area contributed by atoms with Crippen molar-refractivity contribution in [3.8, 4) is 0 Å². The Hall–Kier alpha value is -1.00. The fourth-order valence-corrected chi connectivity index (χ4v) is 1.92. The third kappa shape index (κ3) is 1.54. The minimum absolute atomic E-state index is 0.227. The highest BCUT2D eigenvalue weighted by Gasteiger charge is 2.46. The van der Waals surface area contributed by atoms with Crippen molar-refractivity contribution in [1.82, 2.24) is 0 Å². The zero-order valence-corrected chi connectivity index (χ0v) is 8.34. The monoisotopic (exact) mass is 214 g/mol. The van der Waals surface area contributed by atoms with Gasteiger partial charge in [-0.25, -0.2) is 8.78 Å². The molecule has 1 aromatic carbocycles. The molecule has 1 aromatic rings. The van der Waals surface area contributed by atoms with E-state index in [4.69, 9.17) is 4.74 Å². The molecule has 0 bridgehead atoms. The molecule has 82 valence electrons. The summed E-state index contributed by atoms with van der Waals surface area (Å²) in [4.78, 5) is 0. The number of aliphatic hydroxyl groups is 1. The molecule has 0 radical (unpaired) electrons. The topological polar surface area (TPSA) is 29.5 Å². The van der Waals surface area contributed by atoms with Gasteiger partial charge in [-0.2, -0.15) is 0 Å². The molecular weight excluding hydrogens is 202 g/mol. The summed E-state index contributed by atoms with van der Waals surface area (Å²) in [5.74, 6) is -1.30. The fraction of sp³-hybridized carbons (Fsp3) is 0.455. The maximum Gasteiger partial charge on any atom is 0.132 e. The molecule has 1 aliphatic rings. The van der Waals surface area contributed by atoms with E-state index in [0.717, 1.165) is 6.07 Å². The van der Waals surface area contributed by atoms with Gasteiger partial charge in [0.25, 0.3) is 0 Å². The third-order valence-corrected chi connectivity index (χ3v) is 2.89. The van der Waals surface area contributed by atoms with Gasteiger partial charge in [0, 0.05) is 18.1 Å². The molecule has 0 spiro atoms. The molecular formula is C11H12F2O2. The zero-order chi connectivity index (χ0) is 11.1. The average Bonchev–Trinajstić information content (AvgIpc) is 2.05. The smallest absolute Gasteiger partial charge is 0.132 e. The summed E-state index contributed by atoms with van der Waals surface area (Å²) in [6, 6.07) is 3.31. The normalized spacial score (nSPS) is 27.2. The maximum atomic E-state index is 13.5. The Balaban J connectivity index is 2.43. The maximum absolute atomic E-state index is 13.5. The summed E-state index contributed by atoms with van der Waals surface area (Å²) in [5.41, 5.74) is -0.761. The quantitative estimate of drug-likeness (QED) is 0.815. The summed E-state index contributed by atoms with van der Waals surface area (Å²) in [5, 5.41) is 9.58. The van der Waals surface area contributed by atoms with E-state index in [1.165, 1.54) is 12.1 Å². The molecule has 1 N–H and O–H groups in total. The van der Waals surface area contributed by atoms with Gasteiger partial charge in [-0.15, -0.1) is 0 Å². The Morgan fingerprint density at radius 1 is 1.47 bits per heavy atom. The van der Waals surface area contributed by atoms with Crippen molar-refractivity contribution in [2.45, 2.75) is 25.0 Å². The SMILES string of the molecule is C[C@@H](O)C1(c2ccc(F)cc2F)CCO1. The molecule has 0 aromatic heterocycles. The van der Waals surface area contributed by atoms with Crippen LogP contribution in [0.25, 0.3) is 0 Å². The molecule has 0 aliphatic carbocycles. The molecule has 1 fully saturated rings. The van der Waals surface area contributed by atoms with Gasteiger partial charge in [0.15, 0.2) is 0 Å². The van der Waals surface area contributed by atoms with Gasteiger partial charge in [-0.05, 0) is 13.0 Å². The summed E-state index contributed by atoms with van der Waals surface area (Å²) < 4.78 is 31.5. The van der Waals surface area contributed by atoms with Gasteiger partial charge >= 0.3 is 0 Å². The van der Waals surface area contributed by atoms with Gasteiger partial charge in [0.1, 0.15) is 17.2 Å².